The average molecular weight is 591 g/mol. The first-order chi connectivity index (χ1) is 18.5. The highest BCUT2D eigenvalue weighted by Crippen LogP contribution is 2.29. The van der Waals surface area contributed by atoms with Crippen LogP contribution in [0.3, 0.4) is 0 Å². The molecule has 10 heteroatoms. The van der Waals surface area contributed by atoms with Crippen LogP contribution in [-0.4, -0.2) is 44.3 Å². The number of nitrogens with zero attached hydrogens (tertiary/aromatic N) is 2. The van der Waals surface area contributed by atoms with Gasteiger partial charge in [0.1, 0.15) is 12.6 Å². The number of aryl methyl sites for hydroxylation is 2. The maximum Gasteiger partial charge on any atom is 0.264 e. The van der Waals surface area contributed by atoms with Crippen LogP contribution in [-0.2, 0) is 26.2 Å². The van der Waals surface area contributed by atoms with Crippen LogP contribution >= 0.6 is 23.2 Å². The molecule has 0 aromatic heterocycles. The first-order valence-electron chi connectivity index (χ1n) is 12.6. The Balaban J connectivity index is 2.09. The monoisotopic (exact) mass is 589 g/mol. The van der Waals surface area contributed by atoms with Crippen molar-refractivity contribution in [2.75, 3.05) is 17.4 Å². The highest BCUT2D eigenvalue weighted by atomic mass is 35.5. The fourth-order valence-corrected chi connectivity index (χ4v) is 6.08. The van der Waals surface area contributed by atoms with E-state index >= 15 is 0 Å². The zero-order valence-corrected chi connectivity index (χ0v) is 24.8. The molecule has 0 aliphatic heterocycles. The molecule has 0 aliphatic carbocycles. The number of benzene rings is 3. The quantitative estimate of drug-likeness (QED) is 0.308. The summed E-state index contributed by atoms with van der Waals surface area (Å²) in [7, 11) is -4.15. The fourth-order valence-electron chi connectivity index (χ4n) is 4.25. The maximum atomic E-state index is 14.0. The van der Waals surface area contributed by atoms with Crippen molar-refractivity contribution >= 4 is 50.7 Å². The lowest BCUT2D eigenvalue weighted by atomic mass is 10.1. The van der Waals surface area contributed by atoms with Gasteiger partial charge in [0.15, 0.2) is 0 Å². The Hall–Kier alpha value is -3.07. The molecule has 0 radical (unpaired) electrons. The molecule has 3 aromatic rings. The number of anilines is 1. The predicted molar refractivity (Wildman–Crippen MR) is 157 cm³/mol. The van der Waals surface area contributed by atoms with Gasteiger partial charge in [0, 0.05) is 23.1 Å². The number of carbonyl (C=O) groups excluding carboxylic acids is 2. The lowest BCUT2D eigenvalue weighted by Gasteiger charge is -2.33. The maximum absolute atomic E-state index is 14.0. The lowest BCUT2D eigenvalue weighted by molar-refractivity contribution is -0.140. The van der Waals surface area contributed by atoms with E-state index in [1.165, 1.54) is 17.0 Å². The Labute approximate surface area is 240 Å². The van der Waals surface area contributed by atoms with E-state index in [0.29, 0.717) is 34.3 Å². The van der Waals surface area contributed by atoms with Crippen LogP contribution in [0.5, 0.6) is 0 Å². The summed E-state index contributed by atoms with van der Waals surface area (Å²) < 4.78 is 29.0. The summed E-state index contributed by atoms with van der Waals surface area (Å²) in [6, 6.07) is 17.4. The van der Waals surface area contributed by atoms with Crippen molar-refractivity contribution in [3.05, 3.63) is 93.5 Å². The van der Waals surface area contributed by atoms with Crippen LogP contribution in [0.25, 0.3) is 0 Å². The highest BCUT2D eigenvalue weighted by Gasteiger charge is 2.34. The number of amides is 2. The van der Waals surface area contributed by atoms with Crippen molar-refractivity contribution in [2.24, 2.45) is 0 Å². The molecule has 208 valence electrons. The molecule has 0 saturated heterocycles. The third kappa shape index (κ3) is 7.53. The molecular formula is C29H33Cl2N3O4S. The smallest absolute Gasteiger partial charge is 0.264 e. The molecule has 0 aliphatic rings. The van der Waals surface area contributed by atoms with Crippen LogP contribution in [0.4, 0.5) is 5.69 Å². The molecule has 7 nitrogen and oxygen atoms in total. The molecule has 1 N–H and O–H groups in total. The molecule has 3 rings (SSSR count). The second kappa shape index (κ2) is 13.3. The van der Waals surface area contributed by atoms with E-state index < -0.39 is 28.5 Å². The van der Waals surface area contributed by atoms with E-state index in [0.717, 1.165) is 15.4 Å². The zero-order valence-electron chi connectivity index (χ0n) is 22.4. The van der Waals surface area contributed by atoms with E-state index in [9.17, 15) is 18.0 Å². The SMILES string of the molecule is CCNC(=O)[C@H](CC)N(Cc1ccc(Cl)cc1)C(=O)CN(c1ccc(Cl)cc1C)S(=O)(=O)c1ccc(C)cc1. The van der Waals surface area contributed by atoms with Crippen LogP contribution < -0.4 is 9.62 Å². The molecule has 1 atom stereocenters. The highest BCUT2D eigenvalue weighted by molar-refractivity contribution is 7.92. The number of halogens is 2. The number of likely N-dealkylation sites (N-methyl/N-ethyl adjacent to an activating group) is 1. The van der Waals surface area contributed by atoms with Gasteiger partial charge in [-0.1, -0.05) is 60.0 Å². The number of carbonyl (C=O) groups is 2. The summed E-state index contributed by atoms with van der Waals surface area (Å²) in [6.45, 7) is 7.20. The van der Waals surface area contributed by atoms with Crippen LogP contribution in [0, 0.1) is 13.8 Å². The van der Waals surface area contributed by atoms with Crippen molar-refractivity contribution < 1.29 is 18.0 Å². The van der Waals surface area contributed by atoms with E-state index in [-0.39, 0.29) is 17.3 Å². The topological polar surface area (TPSA) is 86.8 Å². The number of hydrogen-bond acceptors (Lipinski definition) is 4. The van der Waals surface area contributed by atoms with Crippen molar-refractivity contribution in [1.82, 2.24) is 10.2 Å². The van der Waals surface area contributed by atoms with Gasteiger partial charge in [-0.2, -0.15) is 0 Å². The van der Waals surface area contributed by atoms with Crippen LogP contribution in [0.1, 0.15) is 37.0 Å². The van der Waals surface area contributed by atoms with Gasteiger partial charge in [-0.25, -0.2) is 8.42 Å². The minimum atomic E-state index is -4.15. The van der Waals surface area contributed by atoms with Gasteiger partial charge in [0.2, 0.25) is 11.8 Å². The van der Waals surface area contributed by atoms with Crippen molar-refractivity contribution in [1.29, 1.82) is 0 Å². The Morgan fingerprint density at radius 2 is 1.51 bits per heavy atom. The zero-order chi connectivity index (χ0) is 28.7. The van der Waals surface area contributed by atoms with Gasteiger partial charge >= 0.3 is 0 Å². The molecule has 0 fully saturated rings. The second-order valence-electron chi connectivity index (χ2n) is 9.22. The van der Waals surface area contributed by atoms with Crippen molar-refractivity contribution in [3.63, 3.8) is 0 Å². The molecule has 39 heavy (non-hydrogen) atoms. The molecule has 3 aromatic carbocycles. The fraction of sp³-hybridized carbons (Fsp3) is 0.310. The number of hydrogen-bond donors (Lipinski definition) is 1. The molecule has 0 saturated carbocycles. The normalized spacial score (nSPS) is 12.1. The predicted octanol–water partition coefficient (Wildman–Crippen LogP) is 5.75. The van der Waals surface area contributed by atoms with Gasteiger partial charge in [0.25, 0.3) is 10.0 Å². The molecule has 0 unspecified atom stereocenters. The summed E-state index contributed by atoms with van der Waals surface area (Å²) in [4.78, 5) is 28.5. The Morgan fingerprint density at radius 1 is 0.897 bits per heavy atom. The summed E-state index contributed by atoms with van der Waals surface area (Å²) in [6.07, 6.45) is 0.343. The minimum Gasteiger partial charge on any atom is -0.355 e. The van der Waals surface area contributed by atoms with Gasteiger partial charge in [-0.05, 0) is 80.8 Å². The number of rotatable bonds is 11. The van der Waals surface area contributed by atoms with Gasteiger partial charge in [-0.15, -0.1) is 0 Å². The Morgan fingerprint density at radius 3 is 2.08 bits per heavy atom. The van der Waals surface area contributed by atoms with Gasteiger partial charge < -0.3 is 10.2 Å². The lowest BCUT2D eigenvalue weighted by Crippen LogP contribution is -2.52. The third-order valence-corrected chi connectivity index (χ3v) is 8.58. The summed E-state index contributed by atoms with van der Waals surface area (Å²) >= 11 is 12.2. The Bertz CT molecular complexity index is 1410. The summed E-state index contributed by atoms with van der Waals surface area (Å²) in [5, 5.41) is 3.78. The van der Waals surface area contributed by atoms with Crippen LogP contribution in [0.2, 0.25) is 10.0 Å². The largest absolute Gasteiger partial charge is 0.355 e. The number of nitrogens with one attached hydrogen (secondary N) is 1. The van der Waals surface area contributed by atoms with Crippen molar-refractivity contribution in [3.8, 4) is 0 Å². The van der Waals surface area contributed by atoms with E-state index in [4.69, 9.17) is 23.2 Å². The molecule has 0 spiro atoms. The van der Waals surface area contributed by atoms with Gasteiger partial charge in [0.05, 0.1) is 10.6 Å². The second-order valence-corrected chi connectivity index (χ2v) is 12.0. The van der Waals surface area contributed by atoms with Gasteiger partial charge in [-0.3, -0.25) is 13.9 Å². The number of sulfonamides is 1. The first kappa shape index (κ1) is 30.5. The average Bonchev–Trinajstić information content (AvgIpc) is 2.89. The van der Waals surface area contributed by atoms with E-state index in [2.05, 4.69) is 5.32 Å². The summed E-state index contributed by atoms with van der Waals surface area (Å²) in [5.74, 6) is -0.828. The molecule has 2 amide bonds. The van der Waals surface area contributed by atoms with E-state index in [1.807, 2.05) is 13.8 Å². The first-order valence-corrected chi connectivity index (χ1v) is 14.8. The molecule has 0 heterocycles. The minimum absolute atomic E-state index is 0.0512. The third-order valence-electron chi connectivity index (χ3n) is 6.32. The van der Waals surface area contributed by atoms with E-state index in [1.54, 1.807) is 68.4 Å². The molecular weight excluding hydrogens is 557 g/mol. The Kier molecular flexibility index (Phi) is 10.4. The summed E-state index contributed by atoms with van der Waals surface area (Å²) in [5.41, 5.74) is 2.57. The standard InChI is InChI=1S/C29H33Cl2N3O4S/c1-5-26(29(36)32-6-2)33(18-22-9-11-23(30)12-10-22)28(35)19-34(27-16-13-24(31)17-21(27)4)39(37,38)25-14-7-20(3)8-15-25/h7-17,26H,5-6,18-19H2,1-4H3,(H,32,36)/t26-/m0/s1. The van der Waals surface area contributed by atoms with Crippen molar-refractivity contribution in [2.45, 2.75) is 51.6 Å². The molecule has 0 bridgehead atoms. The van der Waals surface area contributed by atoms with Crippen LogP contribution in [0.15, 0.2) is 71.6 Å².